The molecule has 0 amide bonds. The lowest BCUT2D eigenvalue weighted by molar-refractivity contribution is 0.171. The number of methoxy groups -OCH3 is 2. The number of fused-ring (bicyclic) bond motifs is 1. The molecule has 1 atom stereocenters. The van der Waals surface area contributed by atoms with Crippen LogP contribution >= 0.6 is 12.2 Å². The normalized spacial score (nSPS) is 13.4. The maximum atomic E-state index is 5.61. The first-order valence-corrected chi connectivity index (χ1v) is 9.24. The molecule has 2 aromatic rings. The van der Waals surface area contributed by atoms with Gasteiger partial charge in [0.05, 0.1) is 20.3 Å². The van der Waals surface area contributed by atoms with Crippen molar-refractivity contribution >= 4 is 23.0 Å². The standard InChI is InChI=1S/C20H24N2O4S/c1-4-15(13-5-7-16(23-2)18(11-13)24-3)22-20(27)21-14-6-8-17-19(12-14)26-10-9-25-17/h5-8,11-12,15H,4,9-10H2,1-3H3,(H2,21,22,27)/t15-/m0/s1. The van der Waals surface area contributed by atoms with Crippen LogP contribution in [0, 0.1) is 0 Å². The Kier molecular flexibility index (Phi) is 6.24. The Morgan fingerprint density at radius 2 is 1.78 bits per heavy atom. The van der Waals surface area contributed by atoms with Crippen LogP contribution in [0.5, 0.6) is 23.0 Å². The molecule has 0 fully saturated rings. The third-order valence-corrected chi connectivity index (χ3v) is 4.54. The topological polar surface area (TPSA) is 61.0 Å². The second kappa shape index (κ2) is 8.81. The molecule has 6 nitrogen and oxygen atoms in total. The zero-order chi connectivity index (χ0) is 19.2. The van der Waals surface area contributed by atoms with Crippen LogP contribution < -0.4 is 29.6 Å². The average molecular weight is 388 g/mol. The number of thiocarbonyl (C=S) groups is 1. The van der Waals surface area contributed by atoms with Gasteiger partial charge in [0.25, 0.3) is 0 Å². The smallest absolute Gasteiger partial charge is 0.171 e. The highest BCUT2D eigenvalue weighted by Crippen LogP contribution is 2.33. The summed E-state index contributed by atoms with van der Waals surface area (Å²) in [5.41, 5.74) is 1.92. The number of rotatable bonds is 6. The molecule has 3 rings (SSSR count). The highest BCUT2D eigenvalue weighted by atomic mass is 32.1. The summed E-state index contributed by atoms with van der Waals surface area (Å²) >= 11 is 5.49. The fourth-order valence-electron chi connectivity index (χ4n) is 2.94. The van der Waals surface area contributed by atoms with E-state index in [1.165, 1.54) is 0 Å². The Bertz CT molecular complexity index is 813. The van der Waals surface area contributed by atoms with Gasteiger partial charge in [0.1, 0.15) is 13.2 Å². The van der Waals surface area contributed by atoms with Gasteiger partial charge in [0, 0.05) is 11.8 Å². The number of hydrogen-bond acceptors (Lipinski definition) is 5. The number of ether oxygens (including phenoxy) is 4. The van der Waals surface area contributed by atoms with Gasteiger partial charge < -0.3 is 29.6 Å². The molecule has 2 N–H and O–H groups in total. The molecule has 2 aromatic carbocycles. The summed E-state index contributed by atoms with van der Waals surface area (Å²) in [5.74, 6) is 2.87. The van der Waals surface area contributed by atoms with E-state index in [4.69, 9.17) is 31.2 Å². The summed E-state index contributed by atoms with van der Waals surface area (Å²) < 4.78 is 21.9. The molecule has 144 valence electrons. The largest absolute Gasteiger partial charge is 0.493 e. The molecule has 1 aliphatic rings. The van der Waals surface area contributed by atoms with Crippen molar-refractivity contribution < 1.29 is 18.9 Å². The number of benzene rings is 2. The Morgan fingerprint density at radius 1 is 1.04 bits per heavy atom. The lowest BCUT2D eigenvalue weighted by Crippen LogP contribution is -2.32. The zero-order valence-corrected chi connectivity index (χ0v) is 16.5. The van der Waals surface area contributed by atoms with Gasteiger partial charge in [-0.2, -0.15) is 0 Å². The molecule has 0 spiro atoms. The van der Waals surface area contributed by atoms with Crippen molar-refractivity contribution in [3.05, 3.63) is 42.0 Å². The van der Waals surface area contributed by atoms with Gasteiger partial charge >= 0.3 is 0 Å². The molecule has 0 aliphatic carbocycles. The minimum absolute atomic E-state index is 0.0435. The molecule has 0 bridgehead atoms. The zero-order valence-electron chi connectivity index (χ0n) is 15.7. The predicted molar refractivity (Wildman–Crippen MR) is 109 cm³/mol. The molecule has 0 unspecified atom stereocenters. The van der Waals surface area contributed by atoms with Crippen molar-refractivity contribution in [1.29, 1.82) is 0 Å². The highest BCUT2D eigenvalue weighted by Gasteiger charge is 2.15. The highest BCUT2D eigenvalue weighted by molar-refractivity contribution is 7.80. The third kappa shape index (κ3) is 4.54. The van der Waals surface area contributed by atoms with Gasteiger partial charge in [-0.15, -0.1) is 0 Å². The summed E-state index contributed by atoms with van der Waals surface area (Å²) in [6, 6.07) is 11.6. The van der Waals surface area contributed by atoms with Crippen molar-refractivity contribution in [3.63, 3.8) is 0 Å². The lowest BCUT2D eigenvalue weighted by Gasteiger charge is -2.22. The van der Waals surface area contributed by atoms with E-state index in [-0.39, 0.29) is 6.04 Å². The van der Waals surface area contributed by atoms with Crippen LogP contribution in [0.2, 0.25) is 0 Å². The van der Waals surface area contributed by atoms with Crippen molar-refractivity contribution in [2.75, 3.05) is 32.8 Å². The van der Waals surface area contributed by atoms with Gasteiger partial charge in [-0.1, -0.05) is 13.0 Å². The molecule has 0 saturated heterocycles. The first kappa shape index (κ1) is 19.1. The summed E-state index contributed by atoms with van der Waals surface area (Å²) in [6.07, 6.45) is 0.860. The van der Waals surface area contributed by atoms with Gasteiger partial charge in [0.2, 0.25) is 0 Å². The van der Waals surface area contributed by atoms with Crippen molar-refractivity contribution in [2.24, 2.45) is 0 Å². The second-order valence-corrected chi connectivity index (χ2v) is 6.44. The third-order valence-electron chi connectivity index (χ3n) is 4.32. The number of hydrogen-bond donors (Lipinski definition) is 2. The second-order valence-electron chi connectivity index (χ2n) is 6.03. The van der Waals surface area contributed by atoms with Crippen LogP contribution in [0.25, 0.3) is 0 Å². The minimum atomic E-state index is 0.0435. The predicted octanol–water partition coefficient (Wildman–Crippen LogP) is 3.91. The van der Waals surface area contributed by atoms with Crippen LogP contribution in [0.1, 0.15) is 24.9 Å². The molecule has 0 saturated carbocycles. The van der Waals surface area contributed by atoms with Gasteiger partial charge in [-0.25, -0.2) is 0 Å². The first-order chi connectivity index (χ1) is 13.1. The van der Waals surface area contributed by atoms with Gasteiger partial charge in [0.15, 0.2) is 28.1 Å². The Morgan fingerprint density at radius 3 is 2.48 bits per heavy atom. The van der Waals surface area contributed by atoms with Crippen LogP contribution in [0.3, 0.4) is 0 Å². The van der Waals surface area contributed by atoms with Crippen LogP contribution in [0.15, 0.2) is 36.4 Å². The Balaban J connectivity index is 1.68. The average Bonchev–Trinajstić information content (AvgIpc) is 2.71. The monoisotopic (exact) mass is 388 g/mol. The number of nitrogens with one attached hydrogen (secondary N) is 2. The maximum Gasteiger partial charge on any atom is 0.171 e. The van der Waals surface area contributed by atoms with E-state index in [2.05, 4.69) is 17.6 Å². The van der Waals surface area contributed by atoms with E-state index in [0.717, 1.165) is 29.2 Å². The summed E-state index contributed by atoms with van der Waals surface area (Å²) in [5, 5.41) is 7.09. The van der Waals surface area contributed by atoms with Crippen LogP contribution in [-0.4, -0.2) is 32.5 Å². The fourth-order valence-corrected chi connectivity index (χ4v) is 3.20. The van der Waals surface area contributed by atoms with E-state index in [1.54, 1.807) is 14.2 Å². The number of anilines is 1. The van der Waals surface area contributed by atoms with Gasteiger partial charge in [-0.05, 0) is 48.5 Å². The van der Waals surface area contributed by atoms with Crippen LogP contribution in [0.4, 0.5) is 5.69 Å². The van der Waals surface area contributed by atoms with E-state index < -0.39 is 0 Å². The lowest BCUT2D eigenvalue weighted by atomic mass is 10.0. The molecular formula is C20H24N2O4S. The van der Waals surface area contributed by atoms with Crippen molar-refractivity contribution in [2.45, 2.75) is 19.4 Å². The van der Waals surface area contributed by atoms with E-state index >= 15 is 0 Å². The van der Waals surface area contributed by atoms with E-state index in [0.29, 0.717) is 29.8 Å². The summed E-state index contributed by atoms with van der Waals surface area (Å²) in [4.78, 5) is 0. The molecule has 0 radical (unpaired) electrons. The van der Waals surface area contributed by atoms with Gasteiger partial charge in [-0.3, -0.25) is 0 Å². The summed E-state index contributed by atoms with van der Waals surface area (Å²) in [6.45, 7) is 3.22. The minimum Gasteiger partial charge on any atom is -0.493 e. The molecule has 0 aromatic heterocycles. The molecule has 7 heteroatoms. The molecular weight excluding hydrogens is 364 g/mol. The molecule has 27 heavy (non-hydrogen) atoms. The van der Waals surface area contributed by atoms with E-state index in [1.807, 2.05) is 36.4 Å². The quantitative estimate of drug-likeness (QED) is 0.728. The molecule has 1 heterocycles. The van der Waals surface area contributed by atoms with Crippen LogP contribution in [-0.2, 0) is 0 Å². The molecule has 1 aliphatic heterocycles. The Labute approximate surface area is 164 Å². The Hall–Kier alpha value is -2.67. The fraction of sp³-hybridized carbons (Fsp3) is 0.350. The maximum absolute atomic E-state index is 5.61. The van der Waals surface area contributed by atoms with E-state index in [9.17, 15) is 0 Å². The first-order valence-electron chi connectivity index (χ1n) is 8.83. The summed E-state index contributed by atoms with van der Waals surface area (Å²) in [7, 11) is 3.25. The van der Waals surface area contributed by atoms with Crippen molar-refractivity contribution in [3.8, 4) is 23.0 Å². The SMILES string of the molecule is CC[C@H](NC(=S)Nc1ccc2c(c1)OCCO2)c1ccc(OC)c(OC)c1. The van der Waals surface area contributed by atoms with Crippen molar-refractivity contribution in [1.82, 2.24) is 5.32 Å².